The summed E-state index contributed by atoms with van der Waals surface area (Å²) in [5, 5.41) is 2.68. The molecule has 8 heteroatoms. The molecule has 1 amide bonds. The number of fused-ring (bicyclic) bond motifs is 1. The zero-order valence-corrected chi connectivity index (χ0v) is 15.1. The number of sulfonamides is 1. The fraction of sp³-hybridized carbons (Fsp3) is 0.167. The Morgan fingerprint density at radius 1 is 1.08 bits per heavy atom. The lowest BCUT2D eigenvalue weighted by molar-refractivity contribution is -0.111. The first kappa shape index (κ1) is 18.0. The standard InChI is InChI=1S/C18H18N2O5S/c1-20(2)26(22,23)15-7-5-14(6-8-15)19-18(21)10-4-13-3-9-16-17(11-13)25-12-24-16/h3-11H,12H2,1-2H3,(H,19,21)/b10-4+. The molecule has 0 saturated carbocycles. The van der Waals surface area contributed by atoms with Crippen LogP contribution in [-0.2, 0) is 14.8 Å². The molecule has 0 atom stereocenters. The number of carbonyl (C=O) groups is 1. The van der Waals surface area contributed by atoms with Crippen molar-refractivity contribution in [1.82, 2.24) is 4.31 Å². The minimum Gasteiger partial charge on any atom is -0.454 e. The number of benzene rings is 2. The van der Waals surface area contributed by atoms with Crippen molar-refractivity contribution in [3.8, 4) is 11.5 Å². The van der Waals surface area contributed by atoms with Crippen molar-refractivity contribution < 1.29 is 22.7 Å². The van der Waals surface area contributed by atoms with Crippen LogP contribution in [0, 0.1) is 0 Å². The highest BCUT2D eigenvalue weighted by Gasteiger charge is 2.16. The van der Waals surface area contributed by atoms with Crippen LogP contribution >= 0.6 is 0 Å². The predicted molar refractivity (Wildman–Crippen MR) is 97.5 cm³/mol. The van der Waals surface area contributed by atoms with Gasteiger partial charge in [0.15, 0.2) is 11.5 Å². The van der Waals surface area contributed by atoms with Gasteiger partial charge in [-0.15, -0.1) is 0 Å². The van der Waals surface area contributed by atoms with Crippen LogP contribution in [0.15, 0.2) is 53.4 Å². The van der Waals surface area contributed by atoms with E-state index in [-0.39, 0.29) is 17.6 Å². The Morgan fingerprint density at radius 2 is 1.77 bits per heavy atom. The van der Waals surface area contributed by atoms with Crippen molar-refractivity contribution in [2.24, 2.45) is 0 Å². The molecule has 0 aliphatic carbocycles. The molecule has 26 heavy (non-hydrogen) atoms. The van der Waals surface area contributed by atoms with Crippen molar-refractivity contribution in [2.75, 3.05) is 26.2 Å². The number of anilines is 1. The van der Waals surface area contributed by atoms with Gasteiger partial charge >= 0.3 is 0 Å². The van der Waals surface area contributed by atoms with E-state index in [0.717, 1.165) is 9.87 Å². The minimum absolute atomic E-state index is 0.163. The average Bonchev–Trinajstić information content (AvgIpc) is 3.08. The van der Waals surface area contributed by atoms with E-state index in [1.807, 2.05) is 6.07 Å². The van der Waals surface area contributed by atoms with E-state index < -0.39 is 10.0 Å². The van der Waals surface area contributed by atoms with E-state index in [1.54, 1.807) is 30.3 Å². The Bertz CT molecular complexity index is 950. The third kappa shape index (κ3) is 3.87. The first-order chi connectivity index (χ1) is 12.4. The van der Waals surface area contributed by atoms with Crippen molar-refractivity contribution in [1.29, 1.82) is 0 Å². The van der Waals surface area contributed by atoms with Crippen LogP contribution < -0.4 is 14.8 Å². The van der Waals surface area contributed by atoms with E-state index >= 15 is 0 Å². The fourth-order valence-corrected chi connectivity index (χ4v) is 3.20. The number of carbonyl (C=O) groups excluding carboxylic acids is 1. The lowest BCUT2D eigenvalue weighted by Crippen LogP contribution is -2.22. The molecular formula is C18H18N2O5S. The van der Waals surface area contributed by atoms with Crippen molar-refractivity contribution in [3.05, 3.63) is 54.1 Å². The van der Waals surface area contributed by atoms with Gasteiger partial charge in [-0.3, -0.25) is 4.79 Å². The second kappa shape index (κ2) is 7.19. The zero-order chi connectivity index (χ0) is 18.7. The monoisotopic (exact) mass is 374 g/mol. The van der Waals surface area contributed by atoms with Gasteiger partial charge in [0.2, 0.25) is 22.7 Å². The number of hydrogen-bond donors (Lipinski definition) is 1. The average molecular weight is 374 g/mol. The van der Waals surface area contributed by atoms with Crippen LogP contribution in [0.2, 0.25) is 0 Å². The third-order valence-electron chi connectivity index (χ3n) is 3.72. The molecule has 0 radical (unpaired) electrons. The molecule has 1 N–H and O–H groups in total. The maximum absolute atomic E-state index is 12.0. The van der Waals surface area contributed by atoms with E-state index in [1.165, 1.54) is 32.3 Å². The van der Waals surface area contributed by atoms with Gasteiger partial charge < -0.3 is 14.8 Å². The van der Waals surface area contributed by atoms with E-state index in [2.05, 4.69) is 5.32 Å². The molecule has 3 rings (SSSR count). The van der Waals surface area contributed by atoms with Gasteiger partial charge in [0, 0.05) is 25.9 Å². The zero-order valence-electron chi connectivity index (χ0n) is 14.3. The highest BCUT2D eigenvalue weighted by Crippen LogP contribution is 2.32. The minimum atomic E-state index is -3.49. The summed E-state index contributed by atoms with van der Waals surface area (Å²) >= 11 is 0. The molecule has 0 spiro atoms. The number of nitrogens with one attached hydrogen (secondary N) is 1. The Labute approximate surface area is 151 Å². The number of ether oxygens (including phenoxy) is 2. The van der Waals surface area contributed by atoms with Crippen molar-refractivity contribution in [3.63, 3.8) is 0 Å². The van der Waals surface area contributed by atoms with Gasteiger partial charge in [-0.25, -0.2) is 12.7 Å². The van der Waals surface area contributed by atoms with E-state index in [0.29, 0.717) is 17.2 Å². The maximum atomic E-state index is 12.0. The van der Waals surface area contributed by atoms with Gasteiger partial charge in [-0.1, -0.05) is 6.07 Å². The summed E-state index contributed by atoms with van der Waals surface area (Å²) in [6, 6.07) is 11.4. The SMILES string of the molecule is CN(C)S(=O)(=O)c1ccc(NC(=O)/C=C/c2ccc3c(c2)OCO3)cc1. The summed E-state index contributed by atoms with van der Waals surface area (Å²) < 4.78 is 35.7. The van der Waals surface area contributed by atoms with E-state index in [9.17, 15) is 13.2 Å². The highest BCUT2D eigenvalue weighted by atomic mass is 32.2. The molecule has 0 saturated heterocycles. The van der Waals surface area contributed by atoms with Crippen molar-refractivity contribution >= 4 is 27.7 Å². The topological polar surface area (TPSA) is 84.9 Å². The summed E-state index contributed by atoms with van der Waals surface area (Å²) in [7, 11) is -0.560. The van der Waals surface area contributed by atoms with Crippen LogP contribution in [-0.4, -0.2) is 39.5 Å². The Balaban J connectivity index is 1.65. The van der Waals surface area contributed by atoms with Crippen LogP contribution in [0.1, 0.15) is 5.56 Å². The smallest absolute Gasteiger partial charge is 0.248 e. The van der Waals surface area contributed by atoms with Gasteiger partial charge in [-0.2, -0.15) is 0 Å². The number of amides is 1. The van der Waals surface area contributed by atoms with Crippen LogP contribution in [0.3, 0.4) is 0 Å². The molecule has 2 aromatic rings. The molecule has 0 bridgehead atoms. The van der Waals surface area contributed by atoms with Crippen LogP contribution in [0.5, 0.6) is 11.5 Å². The molecule has 1 aliphatic heterocycles. The molecule has 1 aliphatic rings. The fourth-order valence-electron chi connectivity index (χ4n) is 2.29. The largest absolute Gasteiger partial charge is 0.454 e. The molecule has 1 heterocycles. The summed E-state index contributed by atoms with van der Waals surface area (Å²) in [6.45, 7) is 0.197. The van der Waals surface area contributed by atoms with Crippen LogP contribution in [0.25, 0.3) is 6.08 Å². The quantitative estimate of drug-likeness (QED) is 0.812. The number of rotatable bonds is 5. The first-order valence-electron chi connectivity index (χ1n) is 7.77. The van der Waals surface area contributed by atoms with E-state index in [4.69, 9.17) is 9.47 Å². The number of hydrogen-bond acceptors (Lipinski definition) is 5. The highest BCUT2D eigenvalue weighted by molar-refractivity contribution is 7.89. The summed E-state index contributed by atoms with van der Waals surface area (Å²) in [4.78, 5) is 12.2. The Hall–Kier alpha value is -2.84. The van der Waals surface area contributed by atoms with Crippen molar-refractivity contribution in [2.45, 2.75) is 4.90 Å². The van der Waals surface area contributed by atoms with Crippen LogP contribution in [0.4, 0.5) is 5.69 Å². The molecule has 0 aromatic heterocycles. The van der Waals surface area contributed by atoms with Gasteiger partial charge in [0.25, 0.3) is 0 Å². The third-order valence-corrected chi connectivity index (χ3v) is 5.55. The van der Waals surface area contributed by atoms with Gasteiger partial charge in [0.05, 0.1) is 4.90 Å². The lowest BCUT2D eigenvalue weighted by atomic mass is 10.2. The molecule has 2 aromatic carbocycles. The predicted octanol–water partition coefficient (Wildman–Crippen LogP) is 2.32. The Morgan fingerprint density at radius 3 is 2.46 bits per heavy atom. The van der Waals surface area contributed by atoms with Gasteiger partial charge in [0.1, 0.15) is 0 Å². The van der Waals surface area contributed by atoms with Gasteiger partial charge in [-0.05, 0) is 48.0 Å². The molecule has 136 valence electrons. The summed E-state index contributed by atoms with van der Waals surface area (Å²) in [5.41, 5.74) is 1.31. The number of nitrogens with zero attached hydrogens (tertiary/aromatic N) is 1. The second-order valence-corrected chi connectivity index (χ2v) is 7.90. The normalized spacial score (nSPS) is 13.3. The molecule has 0 fully saturated rings. The maximum Gasteiger partial charge on any atom is 0.248 e. The molecular weight excluding hydrogens is 356 g/mol. The molecule has 0 unspecified atom stereocenters. The Kier molecular flexibility index (Phi) is 4.97. The lowest BCUT2D eigenvalue weighted by Gasteiger charge is -2.11. The first-order valence-corrected chi connectivity index (χ1v) is 9.21. The summed E-state index contributed by atoms with van der Waals surface area (Å²) in [6.07, 6.45) is 3.05. The second-order valence-electron chi connectivity index (χ2n) is 5.75. The molecule has 7 nitrogen and oxygen atoms in total. The summed E-state index contributed by atoms with van der Waals surface area (Å²) in [5.74, 6) is 0.996.